The lowest BCUT2D eigenvalue weighted by atomic mass is 10.1. The van der Waals surface area contributed by atoms with Crippen molar-refractivity contribution in [2.75, 3.05) is 0 Å². The number of carbonyl (C=O) groups is 1. The monoisotopic (exact) mass is 375 g/mol. The Balaban J connectivity index is 1.68. The molecular weight excluding hydrogens is 361 g/mol. The first-order chi connectivity index (χ1) is 12.4. The van der Waals surface area contributed by atoms with Gasteiger partial charge < -0.3 is 9.73 Å². The number of rotatable bonds is 5. The fourth-order valence-electron chi connectivity index (χ4n) is 2.37. The minimum absolute atomic E-state index is 0.0218. The second-order valence-electron chi connectivity index (χ2n) is 5.68. The largest absolute Gasteiger partial charge is 0.437 e. The molecule has 0 saturated heterocycles. The summed E-state index contributed by atoms with van der Waals surface area (Å²) in [6, 6.07) is 12.2. The Kier molecular flexibility index (Phi) is 5.18. The molecular formula is C18H15ClFN3O3. The molecule has 3 aromatic rings. The highest BCUT2D eigenvalue weighted by molar-refractivity contribution is 6.30. The maximum atomic E-state index is 13.0. The van der Waals surface area contributed by atoms with E-state index in [9.17, 15) is 14.0 Å². The number of halogens is 2. The first kappa shape index (κ1) is 17.9. The summed E-state index contributed by atoms with van der Waals surface area (Å²) in [5, 5.41) is 7.36. The molecule has 1 N–H and O–H groups in total. The van der Waals surface area contributed by atoms with Crippen LogP contribution < -0.4 is 11.1 Å². The van der Waals surface area contributed by atoms with Crippen LogP contribution in [0.5, 0.6) is 0 Å². The molecule has 2 aromatic carbocycles. The third kappa shape index (κ3) is 4.18. The van der Waals surface area contributed by atoms with Crippen molar-refractivity contribution >= 4 is 17.5 Å². The molecule has 0 spiro atoms. The van der Waals surface area contributed by atoms with E-state index in [0.29, 0.717) is 10.6 Å². The molecule has 0 aliphatic heterocycles. The van der Waals surface area contributed by atoms with Crippen LogP contribution in [0.15, 0.2) is 57.7 Å². The van der Waals surface area contributed by atoms with Crippen LogP contribution in [-0.4, -0.2) is 15.7 Å². The summed E-state index contributed by atoms with van der Waals surface area (Å²) in [5.41, 5.74) is 1.32. The van der Waals surface area contributed by atoms with Crippen LogP contribution in [0.1, 0.15) is 18.5 Å². The fraction of sp³-hybridized carbons (Fsp3) is 0.167. The first-order valence-electron chi connectivity index (χ1n) is 7.81. The standard InChI is InChI=1S/C18H15ClFN3O3/c1-11(12-2-6-14(19)7-3-12)21-16(24)10-23-18(25)26-17(22-23)13-4-8-15(20)9-5-13/h2-9,11H,10H2,1H3,(H,21,24)/t11-/m0/s1. The van der Waals surface area contributed by atoms with Crippen LogP contribution in [0.25, 0.3) is 11.5 Å². The zero-order valence-corrected chi connectivity index (χ0v) is 14.5. The molecule has 0 unspecified atom stereocenters. The van der Waals surface area contributed by atoms with Gasteiger partial charge in [-0.3, -0.25) is 4.79 Å². The van der Waals surface area contributed by atoms with Crippen LogP contribution in [0.2, 0.25) is 5.02 Å². The Morgan fingerprint density at radius 1 is 1.23 bits per heavy atom. The van der Waals surface area contributed by atoms with Crippen molar-refractivity contribution in [2.24, 2.45) is 0 Å². The van der Waals surface area contributed by atoms with E-state index >= 15 is 0 Å². The second-order valence-corrected chi connectivity index (χ2v) is 6.11. The Morgan fingerprint density at radius 3 is 2.54 bits per heavy atom. The lowest BCUT2D eigenvalue weighted by molar-refractivity contribution is -0.122. The molecule has 1 aromatic heterocycles. The van der Waals surface area contributed by atoms with Gasteiger partial charge in [0.05, 0.1) is 6.04 Å². The highest BCUT2D eigenvalue weighted by Crippen LogP contribution is 2.17. The van der Waals surface area contributed by atoms with Crippen LogP contribution in [-0.2, 0) is 11.3 Å². The van der Waals surface area contributed by atoms with Gasteiger partial charge in [-0.2, -0.15) is 4.68 Å². The number of carbonyl (C=O) groups excluding carboxylic acids is 1. The van der Waals surface area contributed by atoms with Crippen LogP contribution >= 0.6 is 11.6 Å². The predicted octanol–water partition coefficient (Wildman–Crippen LogP) is 3.17. The molecule has 0 aliphatic carbocycles. The van der Waals surface area contributed by atoms with Gasteiger partial charge in [-0.05, 0) is 48.9 Å². The van der Waals surface area contributed by atoms with Gasteiger partial charge in [0.25, 0.3) is 0 Å². The van der Waals surface area contributed by atoms with Crippen molar-refractivity contribution in [1.82, 2.24) is 15.1 Å². The van der Waals surface area contributed by atoms with E-state index in [1.807, 2.05) is 19.1 Å². The molecule has 0 aliphatic rings. The van der Waals surface area contributed by atoms with Crippen molar-refractivity contribution in [3.63, 3.8) is 0 Å². The van der Waals surface area contributed by atoms with Crippen LogP contribution in [0.3, 0.4) is 0 Å². The van der Waals surface area contributed by atoms with Crippen molar-refractivity contribution in [2.45, 2.75) is 19.5 Å². The van der Waals surface area contributed by atoms with Crippen molar-refractivity contribution in [3.8, 4) is 11.5 Å². The number of hydrogen-bond donors (Lipinski definition) is 1. The van der Waals surface area contributed by atoms with Crippen molar-refractivity contribution in [3.05, 3.63) is 75.5 Å². The highest BCUT2D eigenvalue weighted by atomic mass is 35.5. The molecule has 8 heteroatoms. The number of amides is 1. The topological polar surface area (TPSA) is 77.1 Å². The maximum absolute atomic E-state index is 13.0. The number of benzene rings is 2. The molecule has 6 nitrogen and oxygen atoms in total. The number of nitrogens with one attached hydrogen (secondary N) is 1. The zero-order valence-electron chi connectivity index (χ0n) is 13.8. The van der Waals surface area contributed by atoms with Crippen LogP contribution in [0, 0.1) is 5.82 Å². The molecule has 26 heavy (non-hydrogen) atoms. The molecule has 134 valence electrons. The molecule has 1 heterocycles. The molecule has 1 atom stereocenters. The van der Waals surface area contributed by atoms with Gasteiger partial charge >= 0.3 is 5.76 Å². The van der Waals surface area contributed by atoms with E-state index in [1.165, 1.54) is 24.3 Å². The molecule has 0 fully saturated rings. The third-order valence-corrected chi connectivity index (χ3v) is 3.99. The molecule has 3 rings (SSSR count). The molecule has 1 amide bonds. The number of hydrogen-bond acceptors (Lipinski definition) is 4. The quantitative estimate of drug-likeness (QED) is 0.743. The van der Waals surface area contributed by atoms with E-state index in [0.717, 1.165) is 10.2 Å². The average Bonchev–Trinajstić information content (AvgIpc) is 2.96. The Morgan fingerprint density at radius 2 is 1.88 bits per heavy atom. The normalized spacial score (nSPS) is 12.0. The van der Waals surface area contributed by atoms with Crippen molar-refractivity contribution in [1.29, 1.82) is 0 Å². The first-order valence-corrected chi connectivity index (χ1v) is 8.19. The second kappa shape index (κ2) is 7.53. The van der Waals surface area contributed by atoms with E-state index in [2.05, 4.69) is 10.4 Å². The Hall–Kier alpha value is -2.93. The minimum atomic E-state index is -0.765. The minimum Gasteiger partial charge on any atom is -0.388 e. The van der Waals surface area contributed by atoms with Crippen molar-refractivity contribution < 1.29 is 13.6 Å². The summed E-state index contributed by atoms with van der Waals surface area (Å²) in [5.74, 6) is -1.55. The number of nitrogens with zero attached hydrogens (tertiary/aromatic N) is 2. The van der Waals surface area contributed by atoms with E-state index in [-0.39, 0.29) is 18.5 Å². The summed E-state index contributed by atoms with van der Waals surface area (Å²) in [7, 11) is 0. The van der Waals surface area contributed by atoms with Gasteiger partial charge in [-0.25, -0.2) is 9.18 Å². The molecule has 0 saturated carbocycles. The van der Waals surface area contributed by atoms with Gasteiger partial charge in [0.15, 0.2) is 0 Å². The Bertz CT molecular complexity index is 965. The summed E-state index contributed by atoms with van der Waals surface area (Å²) < 4.78 is 18.9. The lowest BCUT2D eigenvalue weighted by Gasteiger charge is -2.14. The number of aromatic nitrogens is 2. The predicted molar refractivity (Wildman–Crippen MR) is 94.2 cm³/mol. The van der Waals surface area contributed by atoms with Gasteiger partial charge in [-0.1, -0.05) is 23.7 Å². The summed E-state index contributed by atoms with van der Waals surface area (Å²) in [6.45, 7) is 1.53. The van der Waals surface area contributed by atoms with E-state index in [1.54, 1.807) is 12.1 Å². The molecule has 0 radical (unpaired) electrons. The summed E-state index contributed by atoms with van der Waals surface area (Å²) >= 11 is 5.84. The van der Waals surface area contributed by atoms with Gasteiger partial charge in [0, 0.05) is 10.6 Å². The fourth-order valence-corrected chi connectivity index (χ4v) is 2.50. The zero-order chi connectivity index (χ0) is 18.7. The van der Waals surface area contributed by atoms with E-state index in [4.69, 9.17) is 16.0 Å². The lowest BCUT2D eigenvalue weighted by Crippen LogP contribution is -2.33. The summed E-state index contributed by atoms with van der Waals surface area (Å²) in [6.07, 6.45) is 0. The Labute approximate surface area is 153 Å². The highest BCUT2D eigenvalue weighted by Gasteiger charge is 2.15. The van der Waals surface area contributed by atoms with Crippen LogP contribution in [0.4, 0.5) is 4.39 Å². The summed E-state index contributed by atoms with van der Waals surface area (Å²) in [4.78, 5) is 24.1. The smallest absolute Gasteiger partial charge is 0.388 e. The van der Waals surface area contributed by atoms with Gasteiger partial charge in [0.2, 0.25) is 11.8 Å². The molecule has 0 bridgehead atoms. The van der Waals surface area contributed by atoms with Gasteiger partial charge in [-0.15, -0.1) is 5.10 Å². The van der Waals surface area contributed by atoms with Gasteiger partial charge in [0.1, 0.15) is 12.4 Å². The van der Waals surface area contributed by atoms with E-state index < -0.39 is 17.5 Å². The third-order valence-electron chi connectivity index (χ3n) is 3.74. The SMILES string of the molecule is C[C@H](NC(=O)Cn1nc(-c2ccc(F)cc2)oc1=O)c1ccc(Cl)cc1. The maximum Gasteiger partial charge on any atom is 0.437 e. The average molecular weight is 376 g/mol.